The van der Waals surface area contributed by atoms with E-state index in [1.165, 1.54) is 38.5 Å². The van der Waals surface area contributed by atoms with Gasteiger partial charge in [0.1, 0.15) is 0 Å². The molecule has 0 aliphatic carbocycles. The summed E-state index contributed by atoms with van der Waals surface area (Å²) < 4.78 is 0. The van der Waals surface area contributed by atoms with Gasteiger partial charge < -0.3 is 0 Å². The molecule has 0 saturated carbocycles. The Balaban J connectivity index is 3.00. The Bertz CT molecular complexity index is 103. The summed E-state index contributed by atoms with van der Waals surface area (Å²) in [6.45, 7) is 6.73. The van der Waals surface area contributed by atoms with Crippen LogP contribution in [0.15, 0.2) is 12.2 Å². The topological polar surface area (TPSA) is 0 Å². The largest absolute Gasteiger partial charge is 0.0917 e. The van der Waals surface area contributed by atoms with Crippen LogP contribution in [-0.4, -0.2) is 0 Å². The lowest BCUT2D eigenvalue weighted by Gasteiger charge is -2.06. The smallest absolute Gasteiger partial charge is 0.0351 e. The van der Waals surface area contributed by atoms with Crippen molar-refractivity contribution < 1.29 is 0 Å². The Morgan fingerprint density at radius 1 is 1.17 bits per heavy atom. The van der Waals surface area contributed by atoms with Gasteiger partial charge in [-0.2, -0.15) is 0 Å². The molecule has 0 heterocycles. The average Bonchev–Trinajstić information content (AvgIpc) is 2.10. The van der Waals surface area contributed by atoms with E-state index >= 15 is 0 Å². The second kappa shape index (κ2) is 8.83. The molecule has 0 radical (unpaired) electrons. The van der Waals surface area contributed by atoms with E-state index < -0.39 is 0 Å². The average molecular weight is 168 g/mol. The van der Waals surface area contributed by atoms with Crippen LogP contribution in [0.5, 0.6) is 0 Å². The van der Waals surface area contributed by atoms with Crippen LogP contribution in [0, 0.1) is 5.92 Å². The molecule has 0 nitrogen and oxygen atoms in total. The normalized spacial score (nSPS) is 13.9. The van der Waals surface area contributed by atoms with Gasteiger partial charge in [-0.25, -0.2) is 0 Å². The van der Waals surface area contributed by atoms with Crippen molar-refractivity contribution in [2.75, 3.05) is 0 Å². The van der Waals surface area contributed by atoms with E-state index in [-0.39, 0.29) is 0 Å². The van der Waals surface area contributed by atoms with Gasteiger partial charge in [-0.3, -0.25) is 0 Å². The van der Waals surface area contributed by atoms with Crippen LogP contribution in [-0.2, 0) is 0 Å². The first-order chi connectivity index (χ1) is 5.81. The van der Waals surface area contributed by atoms with E-state index in [4.69, 9.17) is 0 Å². The predicted molar refractivity (Wildman–Crippen MR) is 57.4 cm³/mol. The summed E-state index contributed by atoms with van der Waals surface area (Å²) in [5.41, 5.74) is 0. The first-order valence-corrected chi connectivity index (χ1v) is 5.42. The molecule has 72 valence electrons. The van der Waals surface area contributed by atoms with Crippen LogP contribution in [0.1, 0.15) is 59.3 Å². The molecule has 0 heteroatoms. The molecular formula is C12H24. The number of allylic oxidation sites excluding steroid dienone is 2. The van der Waals surface area contributed by atoms with Crippen LogP contribution in [0.3, 0.4) is 0 Å². The second-order valence-corrected chi connectivity index (χ2v) is 3.72. The Labute approximate surface area is 78.1 Å². The third-order valence-corrected chi connectivity index (χ3v) is 2.50. The second-order valence-electron chi connectivity index (χ2n) is 3.72. The van der Waals surface area contributed by atoms with E-state index in [0.29, 0.717) is 0 Å². The Morgan fingerprint density at radius 2 is 1.92 bits per heavy atom. The highest BCUT2D eigenvalue weighted by Crippen LogP contribution is 2.12. The third kappa shape index (κ3) is 7.84. The molecule has 12 heavy (non-hydrogen) atoms. The zero-order chi connectivity index (χ0) is 9.23. The number of hydrogen-bond donors (Lipinski definition) is 0. The molecule has 0 amide bonds. The maximum absolute atomic E-state index is 2.35. The van der Waals surface area contributed by atoms with Gasteiger partial charge in [0.2, 0.25) is 0 Å². The number of hydrogen-bond acceptors (Lipinski definition) is 0. The van der Waals surface area contributed by atoms with Gasteiger partial charge in [-0.05, 0) is 25.7 Å². The van der Waals surface area contributed by atoms with Crippen molar-refractivity contribution in [1.29, 1.82) is 0 Å². The summed E-state index contributed by atoms with van der Waals surface area (Å²) in [5, 5.41) is 0. The minimum absolute atomic E-state index is 0.937. The van der Waals surface area contributed by atoms with Crippen molar-refractivity contribution in [2.24, 2.45) is 5.92 Å². The summed E-state index contributed by atoms with van der Waals surface area (Å²) in [7, 11) is 0. The molecule has 0 N–H and O–H groups in total. The minimum atomic E-state index is 0.937. The lowest BCUT2D eigenvalue weighted by Crippen LogP contribution is -1.91. The summed E-state index contributed by atoms with van der Waals surface area (Å²) >= 11 is 0. The van der Waals surface area contributed by atoms with E-state index in [1.54, 1.807) is 0 Å². The summed E-state index contributed by atoms with van der Waals surface area (Å²) in [6, 6.07) is 0. The first kappa shape index (κ1) is 11.7. The fourth-order valence-corrected chi connectivity index (χ4v) is 1.30. The van der Waals surface area contributed by atoms with Crippen LogP contribution in [0.2, 0.25) is 0 Å². The molecule has 0 fully saturated rings. The monoisotopic (exact) mass is 168 g/mol. The standard InChI is InChI=1S/C12H24/c1-4-6-7-8-9-10-11-12(3)5-2/h4,6,12H,5,7-11H2,1-3H3/b6-4+/t12-/m1/s1. The van der Waals surface area contributed by atoms with Gasteiger partial charge in [-0.15, -0.1) is 0 Å². The molecule has 0 bridgehead atoms. The van der Waals surface area contributed by atoms with Gasteiger partial charge in [-0.1, -0.05) is 51.7 Å². The molecule has 1 atom stereocenters. The van der Waals surface area contributed by atoms with Crippen LogP contribution in [0.4, 0.5) is 0 Å². The third-order valence-electron chi connectivity index (χ3n) is 2.50. The van der Waals surface area contributed by atoms with Gasteiger partial charge >= 0.3 is 0 Å². The van der Waals surface area contributed by atoms with E-state index in [1.807, 2.05) is 0 Å². The summed E-state index contributed by atoms with van der Waals surface area (Å²) in [5.74, 6) is 0.937. The van der Waals surface area contributed by atoms with Crippen molar-refractivity contribution in [3.8, 4) is 0 Å². The minimum Gasteiger partial charge on any atom is -0.0917 e. The zero-order valence-corrected chi connectivity index (χ0v) is 8.97. The van der Waals surface area contributed by atoms with E-state index in [2.05, 4.69) is 32.9 Å². The van der Waals surface area contributed by atoms with E-state index in [9.17, 15) is 0 Å². The molecule has 0 aliphatic heterocycles. The highest BCUT2D eigenvalue weighted by atomic mass is 14.0. The lowest BCUT2D eigenvalue weighted by atomic mass is 10.0. The predicted octanol–water partition coefficient (Wildman–Crippen LogP) is 4.56. The van der Waals surface area contributed by atoms with Gasteiger partial charge in [0.25, 0.3) is 0 Å². The quantitative estimate of drug-likeness (QED) is 0.386. The van der Waals surface area contributed by atoms with Gasteiger partial charge in [0, 0.05) is 0 Å². The van der Waals surface area contributed by atoms with Crippen LogP contribution < -0.4 is 0 Å². The maximum atomic E-state index is 2.35. The highest BCUT2D eigenvalue weighted by Gasteiger charge is 1.96. The molecule has 0 aromatic heterocycles. The molecule has 0 aromatic rings. The Kier molecular flexibility index (Phi) is 8.64. The SMILES string of the molecule is C/C=C/CCCCC[C@H](C)CC. The van der Waals surface area contributed by atoms with Crippen molar-refractivity contribution in [2.45, 2.75) is 59.3 Å². The summed E-state index contributed by atoms with van der Waals surface area (Å²) in [6.07, 6.45) is 12.7. The highest BCUT2D eigenvalue weighted by molar-refractivity contribution is 4.76. The number of unbranched alkanes of at least 4 members (excludes halogenated alkanes) is 3. The zero-order valence-electron chi connectivity index (χ0n) is 8.97. The van der Waals surface area contributed by atoms with E-state index in [0.717, 1.165) is 5.92 Å². The fourth-order valence-electron chi connectivity index (χ4n) is 1.30. The van der Waals surface area contributed by atoms with Crippen LogP contribution in [0.25, 0.3) is 0 Å². The first-order valence-electron chi connectivity index (χ1n) is 5.42. The molecule has 0 rings (SSSR count). The fraction of sp³-hybridized carbons (Fsp3) is 0.833. The van der Waals surface area contributed by atoms with Crippen molar-refractivity contribution in [3.63, 3.8) is 0 Å². The molecule has 0 aromatic carbocycles. The number of rotatable bonds is 7. The van der Waals surface area contributed by atoms with Crippen molar-refractivity contribution >= 4 is 0 Å². The molecular weight excluding hydrogens is 144 g/mol. The lowest BCUT2D eigenvalue weighted by molar-refractivity contribution is 0.479. The molecule has 0 unspecified atom stereocenters. The van der Waals surface area contributed by atoms with Gasteiger partial charge in [0.15, 0.2) is 0 Å². The van der Waals surface area contributed by atoms with Crippen LogP contribution >= 0.6 is 0 Å². The van der Waals surface area contributed by atoms with Crippen molar-refractivity contribution in [3.05, 3.63) is 12.2 Å². The Hall–Kier alpha value is -0.260. The molecule has 0 saturated heterocycles. The van der Waals surface area contributed by atoms with Gasteiger partial charge in [0.05, 0.1) is 0 Å². The molecule has 0 aliphatic rings. The molecule has 0 spiro atoms. The summed E-state index contributed by atoms with van der Waals surface area (Å²) in [4.78, 5) is 0. The van der Waals surface area contributed by atoms with Crippen molar-refractivity contribution in [1.82, 2.24) is 0 Å². The Morgan fingerprint density at radius 3 is 2.50 bits per heavy atom. The maximum Gasteiger partial charge on any atom is -0.0351 e.